The molecule has 1 aromatic carbocycles. The van der Waals surface area contributed by atoms with Crippen molar-refractivity contribution in [2.75, 3.05) is 19.7 Å². The third kappa shape index (κ3) is 3.46. The number of benzene rings is 1. The van der Waals surface area contributed by atoms with E-state index in [0.29, 0.717) is 5.92 Å². The molecule has 2 atom stereocenters. The fraction of sp³-hybridized carbons (Fsp3) is 0.625. The standard InChI is InChI=1S/C16H23ClN2O/c1-11-7-19(9-15(11)18)8-13-6-14(17)4-5-16(13)20-10-12-2-3-12/h4-6,11-12,15H,2-3,7-10,18H2,1H3. The molecule has 0 bridgehead atoms. The van der Waals surface area contributed by atoms with Crippen molar-refractivity contribution in [1.29, 1.82) is 0 Å². The minimum Gasteiger partial charge on any atom is -0.493 e. The number of hydrogen-bond donors (Lipinski definition) is 1. The fourth-order valence-electron chi connectivity index (χ4n) is 2.77. The van der Waals surface area contributed by atoms with E-state index in [1.807, 2.05) is 18.2 Å². The number of halogens is 1. The second kappa shape index (κ2) is 5.92. The number of ether oxygens (including phenoxy) is 1. The number of nitrogens with zero attached hydrogens (tertiary/aromatic N) is 1. The van der Waals surface area contributed by atoms with Crippen molar-refractivity contribution >= 4 is 11.6 Å². The first-order chi connectivity index (χ1) is 9.61. The van der Waals surface area contributed by atoms with Crippen LogP contribution in [0.3, 0.4) is 0 Å². The molecule has 3 rings (SSSR count). The summed E-state index contributed by atoms with van der Waals surface area (Å²) >= 11 is 6.14. The number of hydrogen-bond acceptors (Lipinski definition) is 3. The largest absolute Gasteiger partial charge is 0.493 e. The number of nitrogens with two attached hydrogens (primary N) is 1. The lowest BCUT2D eigenvalue weighted by molar-refractivity contribution is 0.279. The number of likely N-dealkylation sites (tertiary alicyclic amines) is 1. The van der Waals surface area contributed by atoms with Crippen LogP contribution in [0.2, 0.25) is 5.02 Å². The highest BCUT2D eigenvalue weighted by atomic mass is 35.5. The molecule has 1 aliphatic carbocycles. The molecule has 2 aliphatic rings. The predicted molar refractivity (Wildman–Crippen MR) is 82.1 cm³/mol. The van der Waals surface area contributed by atoms with E-state index in [-0.39, 0.29) is 6.04 Å². The van der Waals surface area contributed by atoms with Gasteiger partial charge in [0.15, 0.2) is 0 Å². The molecule has 0 spiro atoms. The minimum absolute atomic E-state index is 0.282. The summed E-state index contributed by atoms with van der Waals surface area (Å²) in [5, 5.41) is 0.773. The maximum Gasteiger partial charge on any atom is 0.123 e. The SMILES string of the molecule is CC1CN(Cc2cc(Cl)ccc2OCC2CC2)CC1N. The lowest BCUT2D eigenvalue weighted by atomic mass is 10.1. The first kappa shape index (κ1) is 14.2. The molecule has 0 radical (unpaired) electrons. The van der Waals surface area contributed by atoms with Gasteiger partial charge >= 0.3 is 0 Å². The highest BCUT2D eigenvalue weighted by molar-refractivity contribution is 6.30. The lowest BCUT2D eigenvalue weighted by Crippen LogP contribution is -2.28. The smallest absolute Gasteiger partial charge is 0.123 e. The Bertz CT molecular complexity index is 466. The lowest BCUT2D eigenvalue weighted by Gasteiger charge is -2.18. The van der Waals surface area contributed by atoms with Crippen LogP contribution in [0, 0.1) is 11.8 Å². The van der Waals surface area contributed by atoms with Gasteiger partial charge in [0.05, 0.1) is 6.61 Å². The normalized spacial score (nSPS) is 26.9. The molecule has 20 heavy (non-hydrogen) atoms. The second-order valence-electron chi connectivity index (χ2n) is 6.34. The molecular weight excluding hydrogens is 272 g/mol. The van der Waals surface area contributed by atoms with Gasteiger partial charge in [-0.2, -0.15) is 0 Å². The summed E-state index contributed by atoms with van der Waals surface area (Å²) in [6.07, 6.45) is 2.61. The van der Waals surface area contributed by atoms with Crippen molar-refractivity contribution in [2.45, 2.75) is 32.4 Å². The molecule has 2 fully saturated rings. The van der Waals surface area contributed by atoms with Crippen LogP contribution >= 0.6 is 11.6 Å². The van der Waals surface area contributed by atoms with Crippen molar-refractivity contribution < 1.29 is 4.74 Å². The highest BCUT2D eigenvalue weighted by Crippen LogP contribution is 2.32. The average Bonchev–Trinajstić information content (AvgIpc) is 3.16. The molecule has 1 aromatic rings. The molecule has 2 unspecified atom stereocenters. The van der Waals surface area contributed by atoms with Crippen molar-refractivity contribution in [3.8, 4) is 5.75 Å². The molecule has 3 nitrogen and oxygen atoms in total. The summed E-state index contributed by atoms with van der Waals surface area (Å²) in [5.74, 6) is 2.30. The predicted octanol–water partition coefficient (Wildman–Crippen LogP) is 2.91. The van der Waals surface area contributed by atoms with Crippen molar-refractivity contribution in [3.63, 3.8) is 0 Å². The van der Waals surface area contributed by atoms with Crippen molar-refractivity contribution in [2.24, 2.45) is 17.6 Å². The first-order valence-corrected chi connectivity index (χ1v) is 7.89. The molecule has 1 aliphatic heterocycles. The Morgan fingerprint density at radius 2 is 2.15 bits per heavy atom. The summed E-state index contributed by atoms with van der Waals surface area (Å²) < 4.78 is 5.96. The van der Waals surface area contributed by atoms with Crippen LogP contribution in [0.1, 0.15) is 25.3 Å². The van der Waals surface area contributed by atoms with Crippen LogP contribution in [0.25, 0.3) is 0 Å². The Morgan fingerprint density at radius 1 is 1.35 bits per heavy atom. The van der Waals surface area contributed by atoms with E-state index in [1.54, 1.807) is 0 Å². The van der Waals surface area contributed by atoms with Gasteiger partial charge in [0.1, 0.15) is 5.75 Å². The summed E-state index contributed by atoms with van der Waals surface area (Å²) in [5.41, 5.74) is 7.28. The topological polar surface area (TPSA) is 38.5 Å². The molecular formula is C16H23ClN2O. The molecule has 110 valence electrons. The van der Waals surface area contributed by atoms with Gasteiger partial charge in [-0.05, 0) is 42.9 Å². The zero-order valence-corrected chi connectivity index (χ0v) is 12.8. The summed E-state index contributed by atoms with van der Waals surface area (Å²) in [6, 6.07) is 6.22. The van der Waals surface area contributed by atoms with Gasteiger partial charge in [0, 0.05) is 36.3 Å². The molecule has 2 N–H and O–H groups in total. The van der Waals surface area contributed by atoms with E-state index < -0.39 is 0 Å². The van der Waals surface area contributed by atoms with Crippen LogP contribution in [-0.4, -0.2) is 30.6 Å². The van der Waals surface area contributed by atoms with E-state index in [1.165, 1.54) is 18.4 Å². The summed E-state index contributed by atoms with van der Waals surface area (Å²) in [6.45, 7) is 5.93. The highest BCUT2D eigenvalue weighted by Gasteiger charge is 2.27. The van der Waals surface area contributed by atoms with Crippen molar-refractivity contribution in [1.82, 2.24) is 4.90 Å². The quantitative estimate of drug-likeness (QED) is 0.907. The number of rotatable bonds is 5. The van der Waals surface area contributed by atoms with E-state index in [0.717, 1.165) is 42.9 Å². The van der Waals surface area contributed by atoms with Crippen LogP contribution in [0.5, 0.6) is 5.75 Å². The second-order valence-corrected chi connectivity index (χ2v) is 6.78. The molecule has 0 aromatic heterocycles. The Morgan fingerprint density at radius 3 is 2.80 bits per heavy atom. The van der Waals surface area contributed by atoms with E-state index in [4.69, 9.17) is 22.1 Å². The van der Waals surface area contributed by atoms with Crippen molar-refractivity contribution in [3.05, 3.63) is 28.8 Å². The molecule has 4 heteroatoms. The molecule has 1 heterocycles. The summed E-state index contributed by atoms with van der Waals surface area (Å²) in [7, 11) is 0. The maximum absolute atomic E-state index is 6.14. The van der Waals surface area contributed by atoms with Crippen LogP contribution in [0.15, 0.2) is 18.2 Å². The van der Waals surface area contributed by atoms with Gasteiger partial charge < -0.3 is 10.5 Å². The van der Waals surface area contributed by atoms with Gasteiger partial charge in [-0.25, -0.2) is 0 Å². The molecule has 1 saturated heterocycles. The van der Waals surface area contributed by atoms with E-state index >= 15 is 0 Å². The average molecular weight is 295 g/mol. The van der Waals surface area contributed by atoms with E-state index in [9.17, 15) is 0 Å². The van der Waals surface area contributed by atoms with Crippen LogP contribution < -0.4 is 10.5 Å². The Kier molecular flexibility index (Phi) is 4.20. The van der Waals surface area contributed by atoms with Gasteiger partial charge in [-0.1, -0.05) is 18.5 Å². The minimum atomic E-state index is 0.282. The third-order valence-corrected chi connectivity index (χ3v) is 4.57. The van der Waals surface area contributed by atoms with Gasteiger partial charge in [-0.3, -0.25) is 4.90 Å². The Hall–Kier alpha value is -0.770. The van der Waals surface area contributed by atoms with Crippen LogP contribution in [-0.2, 0) is 6.54 Å². The zero-order chi connectivity index (χ0) is 14.1. The fourth-order valence-corrected chi connectivity index (χ4v) is 2.96. The monoisotopic (exact) mass is 294 g/mol. The van der Waals surface area contributed by atoms with Gasteiger partial charge in [0.25, 0.3) is 0 Å². The Balaban J connectivity index is 1.68. The zero-order valence-electron chi connectivity index (χ0n) is 12.0. The molecule has 0 amide bonds. The van der Waals surface area contributed by atoms with Crippen LogP contribution in [0.4, 0.5) is 0 Å². The van der Waals surface area contributed by atoms with E-state index in [2.05, 4.69) is 11.8 Å². The first-order valence-electron chi connectivity index (χ1n) is 7.51. The maximum atomic E-state index is 6.14. The molecule has 1 saturated carbocycles. The Labute approximate surface area is 126 Å². The summed E-state index contributed by atoms with van der Waals surface area (Å²) in [4.78, 5) is 2.39. The third-order valence-electron chi connectivity index (χ3n) is 4.33. The van der Waals surface area contributed by atoms with Gasteiger partial charge in [-0.15, -0.1) is 0 Å². The van der Waals surface area contributed by atoms with Gasteiger partial charge in [0.2, 0.25) is 0 Å².